The van der Waals surface area contributed by atoms with Crippen LogP contribution in [0.5, 0.6) is 5.75 Å². The predicted octanol–water partition coefficient (Wildman–Crippen LogP) is 2.52. The molecule has 2 rings (SSSR count). The first-order chi connectivity index (χ1) is 11.4. The number of hydrogen-bond acceptors (Lipinski definition) is 3. The molecule has 2 N–H and O–H groups in total. The number of carbonyl (C=O) groups excluding carboxylic acids is 1. The number of carboxylic acid groups (broad SMARTS) is 1. The fraction of sp³-hybridized carbons (Fsp3) is 0.333. The Hall–Kier alpha value is -2.76. The van der Waals surface area contributed by atoms with Gasteiger partial charge in [0.25, 0.3) is 5.91 Å². The zero-order valence-electron chi connectivity index (χ0n) is 14.1. The molecule has 0 unspecified atom stereocenters. The van der Waals surface area contributed by atoms with Crippen molar-refractivity contribution >= 4 is 11.9 Å². The fourth-order valence-corrected chi connectivity index (χ4v) is 2.69. The average molecular weight is 330 g/mol. The van der Waals surface area contributed by atoms with Crippen LogP contribution in [-0.2, 0) is 17.9 Å². The molecule has 6 heteroatoms. The van der Waals surface area contributed by atoms with Gasteiger partial charge in [-0.15, -0.1) is 0 Å². The van der Waals surface area contributed by atoms with Gasteiger partial charge in [0, 0.05) is 24.5 Å². The molecule has 0 atom stereocenters. The quantitative estimate of drug-likeness (QED) is 0.817. The van der Waals surface area contributed by atoms with E-state index in [0.717, 1.165) is 23.5 Å². The molecular formula is C18H22N2O4. The molecule has 0 saturated heterocycles. The topological polar surface area (TPSA) is 80.6 Å². The van der Waals surface area contributed by atoms with Crippen LogP contribution in [0.1, 0.15) is 34.2 Å². The van der Waals surface area contributed by atoms with Crippen molar-refractivity contribution in [2.75, 3.05) is 6.61 Å². The SMILES string of the molecule is CCn1c(C)cc(C(=O)NCc2cccc(OCC(=O)O)c2)c1C. The molecule has 1 aromatic heterocycles. The molecule has 1 aromatic carbocycles. The van der Waals surface area contributed by atoms with Crippen molar-refractivity contribution in [3.8, 4) is 5.75 Å². The molecule has 0 spiro atoms. The van der Waals surface area contributed by atoms with Gasteiger partial charge in [0.15, 0.2) is 6.61 Å². The third-order valence-electron chi connectivity index (χ3n) is 3.85. The molecule has 0 bridgehead atoms. The lowest BCUT2D eigenvalue weighted by Crippen LogP contribution is -2.23. The Morgan fingerprint density at radius 3 is 2.62 bits per heavy atom. The number of nitrogens with one attached hydrogen (secondary N) is 1. The summed E-state index contributed by atoms with van der Waals surface area (Å²) in [7, 11) is 0. The van der Waals surface area contributed by atoms with Crippen LogP contribution >= 0.6 is 0 Å². The number of carboxylic acids is 1. The first-order valence-electron chi connectivity index (χ1n) is 7.80. The highest BCUT2D eigenvalue weighted by atomic mass is 16.5. The Morgan fingerprint density at radius 2 is 2.00 bits per heavy atom. The van der Waals surface area contributed by atoms with E-state index in [-0.39, 0.29) is 5.91 Å². The summed E-state index contributed by atoms with van der Waals surface area (Å²) >= 11 is 0. The maximum Gasteiger partial charge on any atom is 0.341 e. The van der Waals surface area contributed by atoms with Crippen molar-refractivity contribution in [3.63, 3.8) is 0 Å². The van der Waals surface area contributed by atoms with Gasteiger partial charge in [-0.2, -0.15) is 0 Å². The van der Waals surface area contributed by atoms with Crippen molar-refractivity contribution in [1.82, 2.24) is 9.88 Å². The summed E-state index contributed by atoms with van der Waals surface area (Å²) in [4.78, 5) is 22.9. The van der Waals surface area contributed by atoms with Gasteiger partial charge in [-0.3, -0.25) is 4.79 Å². The summed E-state index contributed by atoms with van der Waals surface area (Å²) in [6.45, 7) is 6.75. The van der Waals surface area contributed by atoms with E-state index in [2.05, 4.69) is 9.88 Å². The average Bonchev–Trinajstić information content (AvgIpc) is 2.85. The minimum Gasteiger partial charge on any atom is -0.482 e. The Morgan fingerprint density at radius 1 is 1.25 bits per heavy atom. The van der Waals surface area contributed by atoms with Gasteiger partial charge in [-0.05, 0) is 44.5 Å². The van der Waals surface area contributed by atoms with Crippen molar-refractivity contribution in [2.24, 2.45) is 0 Å². The molecule has 0 radical (unpaired) electrons. The van der Waals surface area contributed by atoms with Crippen molar-refractivity contribution in [3.05, 3.63) is 52.8 Å². The second-order valence-corrected chi connectivity index (χ2v) is 5.54. The molecule has 128 valence electrons. The van der Waals surface area contributed by atoms with Crippen molar-refractivity contribution in [2.45, 2.75) is 33.9 Å². The molecule has 2 aromatic rings. The van der Waals surface area contributed by atoms with E-state index in [1.165, 1.54) is 0 Å². The molecule has 0 aliphatic carbocycles. The number of aryl methyl sites for hydroxylation is 1. The van der Waals surface area contributed by atoms with E-state index >= 15 is 0 Å². The number of amides is 1. The zero-order chi connectivity index (χ0) is 17.7. The van der Waals surface area contributed by atoms with Crippen LogP contribution in [0.15, 0.2) is 30.3 Å². The summed E-state index contributed by atoms with van der Waals surface area (Å²) in [6, 6.07) is 8.91. The lowest BCUT2D eigenvalue weighted by Gasteiger charge is -2.09. The number of rotatable bonds is 7. The normalized spacial score (nSPS) is 10.5. The molecular weight excluding hydrogens is 308 g/mol. The molecule has 0 aliphatic rings. The maximum atomic E-state index is 12.4. The zero-order valence-corrected chi connectivity index (χ0v) is 14.1. The summed E-state index contributed by atoms with van der Waals surface area (Å²) in [5.41, 5.74) is 3.53. The first kappa shape index (κ1) is 17.6. The molecule has 1 amide bonds. The maximum absolute atomic E-state index is 12.4. The summed E-state index contributed by atoms with van der Waals surface area (Å²) in [6.07, 6.45) is 0. The molecule has 0 aliphatic heterocycles. The minimum atomic E-state index is -1.03. The van der Waals surface area contributed by atoms with Crippen molar-refractivity contribution < 1.29 is 19.4 Å². The Bertz CT molecular complexity index is 749. The third kappa shape index (κ3) is 4.16. The molecule has 24 heavy (non-hydrogen) atoms. The molecule has 0 saturated carbocycles. The molecule has 0 fully saturated rings. The summed E-state index contributed by atoms with van der Waals surface area (Å²) in [5, 5.41) is 11.5. The second-order valence-electron chi connectivity index (χ2n) is 5.54. The Kier molecular flexibility index (Phi) is 5.63. The summed E-state index contributed by atoms with van der Waals surface area (Å²) < 4.78 is 7.23. The molecule has 1 heterocycles. The van der Waals surface area contributed by atoms with Gasteiger partial charge in [0.1, 0.15) is 5.75 Å². The highest BCUT2D eigenvalue weighted by Crippen LogP contribution is 2.16. The number of hydrogen-bond donors (Lipinski definition) is 2. The number of aromatic nitrogens is 1. The lowest BCUT2D eigenvalue weighted by molar-refractivity contribution is -0.139. The van der Waals surface area contributed by atoms with Gasteiger partial charge in [-0.25, -0.2) is 4.79 Å². The van der Waals surface area contributed by atoms with E-state index in [9.17, 15) is 9.59 Å². The standard InChI is InChI=1S/C18H22N2O4/c1-4-20-12(2)8-16(13(20)3)18(23)19-10-14-6-5-7-15(9-14)24-11-17(21)22/h5-9H,4,10-11H2,1-3H3,(H,19,23)(H,21,22). The number of benzene rings is 1. The minimum absolute atomic E-state index is 0.125. The number of aliphatic carboxylic acids is 1. The van der Waals surface area contributed by atoms with E-state index in [1.54, 1.807) is 18.2 Å². The Balaban J connectivity index is 2.01. The number of nitrogens with zero attached hydrogens (tertiary/aromatic N) is 1. The highest BCUT2D eigenvalue weighted by Gasteiger charge is 2.14. The van der Waals surface area contributed by atoms with E-state index in [4.69, 9.17) is 9.84 Å². The number of ether oxygens (including phenoxy) is 1. The monoisotopic (exact) mass is 330 g/mol. The van der Waals surface area contributed by atoms with E-state index < -0.39 is 12.6 Å². The lowest BCUT2D eigenvalue weighted by atomic mass is 10.2. The van der Waals surface area contributed by atoms with Crippen LogP contribution in [-0.4, -0.2) is 28.2 Å². The van der Waals surface area contributed by atoms with Crippen LogP contribution in [0.25, 0.3) is 0 Å². The van der Waals surface area contributed by atoms with Gasteiger partial charge in [-0.1, -0.05) is 12.1 Å². The van der Waals surface area contributed by atoms with Crippen molar-refractivity contribution in [1.29, 1.82) is 0 Å². The predicted molar refractivity (Wildman–Crippen MR) is 90.3 cm³/mol. The second kappa shape index (κ2) is 7.68. The largest absolute Gasteiger partial charge is 0.482 e. The van der Waals surface area contributed by atoms with Crippen LogP contribution in [0.2, 0.25) is 0 Å². The molecule has 6 nitrogen and oxygen atoms in total. The summed E-state index contributed by atoms with van der Waals surface area (Å²) in [5.74, 6) is -0.687. The van der Waals surface area contributed by atoms with Crippen LogP contribution < -0.4 is 10.1 Å². The van der Waals surface area contributed by atoms with Gasteiger partial charge in [0.2, 0.25) is 0 Å². The highest BCUT2D eigenvalue weighted by molar-refractivity contribution is 5.95. The van der Waals surface area contributed by atoms with Crippen LogP contribution in [0.4, 0.5) is 0 Å². The van der Waals surface area contributed by atoms with Crippen LogP contribution in [0.3, 0.4) is 0 Å². The first-order valence-corrected chi connectivity index (χ1v) is 7.80. The van der Waals surface area contributed by atoms with Crippen LogP contribution in [0, 0.1) is 13.8 Å². The van der Waals surface area contributed by atoms with Gasteiger partial charge in [0.05, 0.1) is 5.56 Å². The smallest absolute Gasteiger partial charge is 0.341 e. The van der Waals surface area contributed by atoms with Gasteiger partial charge >= 0.3 is 5.97 Å². The van der Waals surface area contributed by atoms with E-state index in [0.29, 0.717) is 17.9 Å². The third-order valence-corrected chi connectivity index (χ3v) is 3.85. The van der Waals surface area contributed by atoms with E-state index in [1.807, 2.05) is 32.9 Å². The fourth-order valence-electron chi connectivity index (χ4n) is 2.69. The number of carbonyl (C=O) groups is 2. The van der Waals surface area contributed by atoms with Gasteiger partial charge < -0.3 is 19.7 Å². The Labute approximate surface area is 141 Å².